The molecule has 0 aliphatic carbocycles. The van der Waals surface area contributed by atoms with E-state index in [2.05, 4.69) is 4.98 Å². The normalized spacial score (nSPS) is 10.5. The van der Waals surface area contributed by atoms with Crippen molar-refractivity contribution in [1.29, 1.82) is 0 Å². The summed E-state index contributed by atoms with van der Waals surface area (Å²) in [5, 5.41) is 9.31. The maximum Gasteiger partial charge on any atom is 0.355 e. The Kier molecular flexibility index (Phi) is 5.57. The van der Waals surface area contributed by atoms with Crippen LogP contribution >= 0.6 is 0 Å². The molecule has 0 amide bonds. The van der Waals surface area contributed by atoms with Gasteiger partial charge in [-0.15, -0.1) is 0 Å². The third-order valence-corrected chi connectivity index (χ3v) is 3.79. The number of rotatable bonds is 7. The molecule has 0 fully saturated rings. The summed E-state index contributed by atoms with van der Waals surface area (Å²) in [6, 6.07) is 9.36. The number of nitrogens with one attached hydrogen (secondary N) is 1. The number of carbonyl (C=O) groups excluding carboxylic acids is 1. The number of aromatic amines is 1. The second-order valence-corrected chi connectivity index (χ2v) is 5.45. The summed E-state index contributed by atoms with van der Waals surface area (Å²) in [5.74, 6) is -1.59. The van der Waals surface area contributed by atoms with E-state index in [1.807, 2.05) is 37.3 Å². The molecule has 5 nitrogen and oxygen atoms in total. The number of carboxylic acid groups (broad SMARTS) is 1. The Labute approximate surface area is 135 Å². The number of benzene rings is 1. The van der Waals surface area contributed by atoms with Crippen molar-refractivity contribution in [1.82, 2.24) is 4.98 Å². The topological polar surface area (TPSA) is 79.4 Å². The van der Waals surface area contributed by atoms with Crippen molar-refractivity contribution in [3.05, 3.63) is 58.4 Å². The fourth-order valence-corrected chi connectivity index (χ4v) is 2.48. The number of unbranched alkanes of at least 4 members (excludes halogenated alkanes) is 1. The standard InChI is InChI=1S/C18H21NO4/c1-3-4-10-14-12(2)15(19-16(14)17(20)21)18(22)23-11-13-8-6-5-7-9-13/h5-9,19H,3-4,10-11H2,1-2H3,(H,20,21). The molecular formula is C18H21NO4. The van der Waals surface area contributed by atoms with Gasteiger partial charge in [0.05, 0.1) is 0 Å². The van der Waals surface area contributed by atoms with Crippen molar-refractivity contribution >= 4 is 11.9 Å². The molecule has 0 atom stereocenters. The zero-order chi connectivity index (χ0) is 16.8. The van der Waals surface area contributed by atoms with Gasteiger partial charge in [-0.3, -0.25) is 0 Å². The molecule has 23 heavy (non-hydrogen) atoms. The van der Waals surface area contributed by atoms with Crippen molar-refractivity contribution in [2.24, 2.45) is 0 Å². The van der Waals surface area contributed by atoms with Gasteiger partial charge in [-0.2, -0.15) is 0 Å². The third kappa shape index (κ3) is 4.00. The van der Waals surface area contributed by atoms with Crippen molar-refractivity contribution in [2.75, 3.05) is 0 Å². The Morgan fingerprint density at radius 2 is 1.87 bits per heavy atom. The van der Waals surface area contributed by atoms with Crippen LogP contribution in [0.15, 0.2) is 30.3 Å². The lowest BCUT2D eigenvalue weighted by Gasteiger charge is -2.05. The van der Waals surface area contributed by atoms with Gasteiger partial charge in [0.1, 0.15) is 18.0 Å². The summed E-state index contributed by atoms with van der Waals surface area (Å²) >= 11 is 0. The molecule has 1 aromatic carbocycles. The van der Waals surface area contributed by atoms with Crippen LogP contribution in [-0.2, 0) is 17.8 Å². The molecule has 0 spiro atoms. The maximum atomic E-state index is 12.3. The van der Waals surface area contributed by atoms with E-state index < -0.39 is 11.9 Å². The van der Waals surface area contributed by atoms with E-state index in [1.54, 1.807) is 6.92 Å². The summed E-state index contributed by atoms with van der Waals surface area (Å²) in [6.45, 7) is 3.95. The van der Waals surface area contributed by atoms with Crippen molar-refractivity contribution in [3.8, 4) is 0 Å². The van der Waals surface area contributed by atoms with E-state index in [-0.39, 0.29) is 18.0 Å². The zero-order valence-corrected chi connectivity index (χ0v) is 13.4. The van der Waals surface area contributed by atoms with Crippen LogP contribution in [0.4, 0.5) is 0 Å². The molecule has 0 saturated heterocycles. The van der Waals surface area contributed by atoms with Gasteiger partial charge in [-0.25, -0.2) is 9.59 Å². The first-order valence-electron chi connectivity index (χ1n) is 7.70. The minimum atomic E-state index is -1.05. The maximum absolute atomic E-state index is 12.3. The largest absolute Gasteiger partial charge is 0.477 e. The lowest BCUT2D eigenvalue weighted by atomic mass is 10.0. The first-order chi connectivity index (χ1) is 11.0. The highest BCUT2D eigenvalue weighted by Crippen LogP contribution is 2.22. The highest BCUT2D eigenvalue weighted by molar-refractivity contribution is 5.95. The van der Waals surface area contributed by atoms with Crippen LogP contribution in [0, 0.1) is 6.92 Å². The Morgan fingerprint density at radius 1 is 1.17 bits per heavy atom. The van der Waals surface area contributed by atoms with E-state index in [9.17, 15) is 14.7 Å². The average Bonchev–Trinajstić information content (AvgIpc) is 2.88. The van der Waals surface area contributed by atoms with Gasteiger partial charge in [0.15, 0.2) is 0 Å². The number of carboxylic acids is 1. The van der Waals surface area contributed by atoms with Crippen LogP contribution in [0.3, 0.4) is 0 Å². The SMILES string of the molecule is CCCCc1c(C(=O)O)[nH]c(C(=O)OCc2ccccc2)c1C. The summed E-state index contributed by atoms with van der Waals surface area (Å²) in [4.78, 5) is 26.3. The van der Waals surface area contributed by atoms with Gasteiger partial charge in [0.25, 0.3) is 0 Å². The van der Waals surface area contributed by atoms with Crippen LogP contribution in [0.1, 0.15) is 57.4 Å². The molecule has 0 unspecified atom stereocenters. The second kappa shape index (κ2) is 7.63. The van der Waals surface area contributed by atoms with Gasteiger partial charge in [0.2, 0.25) is 0 Å². The van der Waals surface area contributed by atoms with Gasteiger partial charge in [-0.1, -0.05) is 43.7 Å². The zero-order valence-electron chi connectivity index (χ0n) is 13.4. The molecule has 1 heterocycles. The molecule has 122 valence electrons. The summed E-state index contributed by atoms with van der Waals surface area (Å²) in [7, 11) is 0. The fourth-order valence-electron chi connectivity index (χ4n) is 2.48. The van der Waals surface area contributed by atoms with E-state index in [0.717, 1.165) is 18.4 Å². The average molecular weight is 315 g/mol. The second-order valence-electron chi connectivity index (χ2n) is 5.45. The lowest BCUT2D eigenvalue weighted by Crippen LogP contribution is -2.08. The lowest BCUT2D eigenvalue weighted by molar-refractivity contribution is 0.0465. The number of carbonyl (C=O) groups is 2. The third-order valence-electron chi connectivity index (χ3n) is 3.79. The van der Waals surface area contributed by atoms with Gasteiger partial charge in [-0.05, 0) is 36.5 Å². The van der Waals surface area contributed by atoms with Crippen molar-refractivity contribution in [2.45, 2.75) is 39.7 Å². The molecule has 2 aromatic rings. The molecule has 0 aliphatic rings. The predicted octanol–water partition coefficient (Wildman–Crippen LogP) is 3.72. The highest BCUT2D eigenvalue weighted by atomic mass is 16.5. The molecule has 5 heteroatoms. The monoisotopic (exact) mass is 315 g/mol. The van der Waals surface area contributed by atoms with E-state index >= 15 is 0 Å². The van der Waals surface area contributed by atoms with Gasteiger partial charge < -0.3 is 14.8 Å². The minimum Gasteiger partial charge on any atom is -0.477 e. The van der Waals surface area contributed by atoms with Crippen LogP contribution in [-0.4, -0.2) is 22.0 Å². The number of aromatic nitrogens is 1. The van der Waals surface area contributed by atoms with E-state index in [4.69, 9.17) is 4.74 Å². The Balaban J connectivity index is 2.18. The number of H-pyrrole nitrogens is 1. The Hall–Kier alpha value is -2.56. The van der Waals surface area contributed by atoms with Crippen molar-refractivity contribution < 1.29 is 19.4 Å². The molecule has 0 bridgehead atoms. The molecular weight excluding hydrogens is 294 g/mol. The summed E-state index contributed by atoms with van der Waals surface area (Å²) in [6.07, 6.45) is 2.46. The van der Waals surface area contributed by atoms with Crippen LogP contribution in [0.2, 0.25) is 0 Å². The number of ether oxygens (including phenoxy) is 1. The van der Waals surface area contributed by atoms with E-state index in [0.29, 0.717) is 17.5 Å². The van der Waals surface area contributed by atoms with Crippen LogP contribution in [0.25, 0.3) is 0 Å². The number of hydrogen-bond acceptors (Lipinski definition) is 3. The summed E-state index contributed by atoms with van der Waals surface area (Å²) < 4.78 is 5.28. The molecule has 0 saturated carbocycles. The van der Waals surface area contributed by atoms with Gasteiger partial charge in [0, 0.05) is 0 Å². The smallest absolute Gasteiger partial charge is 0.355 e. The molecule has 0 radical (unpaired) electrons. The Bertz CT molecular complexity index is 689. The van der Waals surface area contributed by atoms with E-state index in [1.165, 1.54) is 0 Å². The number of aromatic carboxylic acids is 1. The molecule has 0 aliphatic heterocycles. The fraction of sp³-hybridized carbons (Fsp3) is 0.333. The molecule has 1 aromatic heterocycles. The van der Waals surface area contributed by atoms with Crippen LogP contribution in [0.5, 0.6) is 0 Å². The Morgan fingerprint density at radius 3 is 2.48 bits per heavy atom. The van der Waals surface area contributed by atoms with Crippen LogP contribution < -0.4 is 0 Å². The molecule has 2 rings (SSSR count). The number of hydrogen-bond donors (Lipinski definition) is 2. The molecule has 2 N–H and O–H groups in total. The highest BCUT2D eigenvalue weighted by Gasteiger charge is 2.23. The number of esters is 1. The quantitative estimate of drug-likeness (QED) is 0.763. The predicted molar refractivity (Wildman–Crippen MR) is 86.7 cm³/mol. The van der Waals surface area contributed by atoms with Gasteiger partial charge >= 0.3 is 11.9 Å². The first-order valence-corrected chi connectivity index (χ1v) is 7.70. The minimum absolute atomic E-state index is 0.0858. The summed E-state index contributed by atoms with van der Waals surface area (Å²) in [5.41, 5.74) is 2.54. The van der Waals surface area contributed by atoms with Crippen molar-refractivity contribution in [3.63, 3.8) is 0 Å². The first kappa shape index (κ1) is 16.8.